The van der Waals surface area contributed by atoms with Gasteiger partial charge in [0.1, 0.15) is 9.88 Å². The Morgan fingerprint density at radius 1 is 1.00 bits per heavy atom. The van der Waals surface area contributed by atoms with Crippen molar-refractivity contribution in [1.29, 1.82) is 0 Å². The highest BCUT2D eigenvalue weighted by atomic mass is 32.1. The van der Waals surface area contributed by atoms with Crippen LogP contribution in [0.3, 0.4) is 0 Å². The van der Waals surface area contributed by atoms with E-state index < -0.39 is 4.92 Å². The molecule has 1 saturated heterocycles. The molecule has 0 atom stereocenters. The first kappa shape index (κ1) is 22.1. The van der Waals surface area contributed by atoms with Gasteiger partial charge >= 0.3 is 5.00 Å². The third-order valence-corrected chi connectivity index (χ3v) is 7.66. The predicted octanol–water partition coefficient (Wildman–Crippen LogP) is 4.25. The SMILES string of the molecule is CCc1ccc(-c2nc(C)c(C(=O)N3CCN(C(=O)c4ccc([N+](=O)[O-])s4)CC3)s2)cc1. The zero-order chi connectivity index (χ0) is 22.8. The third kappa shape index (κ3) is 4.42. The molecule has 4 rings (SSSR count). The lowest BCUT2D eigenvalue weighted by Gasteiger charge is -2.34. The Morgan fingerprint density at radius 2 is 1.62 bits per heavy atom. The Labute approximate surface area is 193 Å². The number of piperazine rings is 1. The quantitative estimate of drug-likeness (QED) is 0.410. The van der Waals surface area contributed by atoms with Crippen LogP contribution in [0.15, 0.2) is 36.4 Å². The number of carbonyl (C=O) groups excluding carboxylic acids is 2. The molecule has 2 amide bonds. The number of benzene rings is 1. The number of nitro groups is 1. The van der Waals surface area contributed by atoms with E-state index >= 15 is 0 Å². The fourth-order valence-electron chi connectivity index (χ4n) is 3.55. The van der Waals surface area contributed by atoms with Gasteiger partial charge in [-0.15, -0.1) is 11.3 Å². The number of aryl methyl sites for hydroxylation is 2. The van der Waals surface area contributed by atoms with Crippen molar-refractivity contribution in [1.82, 2.24) is 14.8 Å². The summed E-state index contributed by atoms with van der Waals surface area (Å²) in [5.41, 5.74) is 2.96. The number of carbonyl (C=O) groups is 2. The van der Waals surface area contributed by atoms with Crippen molar-refractivity contribution in [3.63, 3.8) is 0 Å². The van der Waals surface area contributed by atoms with Crippen LogP contribution < -0.4 is 0 Å². The summed E-state index contributed by atoms with van der Waals surface area (Å²) in [6, 6.07) is 11.0. The molecule has 3 heterocycles. The van der Waals surface area contributed by atoms with Gasteiger partial charge in [0.15, 0.2) is 0 Å². The second-order valence-electron chi connectivity index (χ2n) is 7.46. The van der Waals surface area contributed by atoms with Crippen LogP contribution in [0, 0.1) is 17.0 Å². The minimum absolute atomic E-state index is 0.0528. The minimum atomic E-state index is -0.498. The van der Waals surface area contributed by atoms with Crippen LogP contribution in [-0.2, 0) is 6.42 Å². The first-order valence-corrected chi connectivity index (χ1v) is 11.9. The summed E-state index contributed by atoms with van der Waals surface area (Å²) < 4.78 is 0. The molecule has 8 nitrogen and oxygen atoms in total. The molecule has 3 aromatic rings. The highest BCUT2D eigenvalue weighted by molar-refractivity contribution is 7.17. The van der Waals surface area contributed by atoms with E-state index in [4.69, 9.17) is 0 Å². The molecule has 166 valence electrons. The van der Waals surface area contributed by atoms with Crippen molar-refractivity contribution in [2.75, 3.05) is 26.2 Å². The number of hydrogen-bond acceptors (Lipinski definition) is 7. The molecule has 0 spiro atoms. The molecule has 10 heteroatoms. The Bertz CT molecular complexity index is 1160. The molecule has 1 aliphatic rings. The van der Waals surface area contributed by atoms with Crippen molar-refractivity contribution in [3.8, 4) is 10.6 Å². The Morgan fingerprint density at radius 3 is 2.19 bits per heavy atom. The fourth-order valence-corrected chi connectivity index (χ4v) is 5.38. The largest absolute Gasteiger partial charge is 0.334 e. The third-order valence-electron chi connectivity index (χ3n) is 5.44. The molecule has 1 fully saturated rings. The molecule has 0 aliphatic carbocycles. The normalized spacial score (nSPS) is 13.9. The number of hydrogen-bond donors (Lipinski definition) is 0. The van der Waals surface area contributed by atoms with Gasteiger partial charge in [-0.3, -0.25) is 19.7 Å². The van der Waals surface area contributed by atoms with Gasteiger partial charge in [0, 0.05) is 37.8 Å². The predicted molar refractivity (Wildman–Crippen MR) is 124 cm³/mol. The van der Waals surface area contributed by atoms with Crippen LogP contribution >= 0.6 is 22.7 Å². The van der Waals surface area contributed by atoms with Gasteiger partial charge in [0.2, 0.25) is 0 Å². The smallest absolute Gasteiger partial charge is 0.324 e. The van der Waals surface area contributed by atoms with Gasteiger partial charge in [0.25, 0.3) is 11.8 Å². The Balaban J connectivity index is 1.41. The lowest BCUT2D eigenvalue weighted by atomic mass is 10.1. The average Bonchev–Trinajstić information content (AvgIpc) is 3.46. The van der Waals surface area contributed by atoms with Crippen LogP contribution in [0.25, 0.3) is 10.6 Å². The van der Waals surface area contributed by atoms with Gasteiger partial charge in [-0.2, -0.15) is 0 Å². The zero-order valence-electron chi connectivity index (χ0n) is 17.7. The zero-order valence-corrected chi connectivity index (χ0v) is 19.4. The second-order valence-corrected chi connectivity index (χ2v) is 9.52. The molecule has 0 radical (unpaired) electrons. The fraction of sp³-hybridized carbons (Fsp3) is 0.318. The number of aromatic nitrogens is 1. The Hall–Kier alpha value is -3.11. The number of rotatable bonds is 5. The minimum Gasteiger partial charge on any atom is -0.334 e. The Kier molecular flexibility index (Phi) is 6.33. The molecular formula is C22H22N4O4S2. The van der Waals surface area contributed by atoms with E-state index in [2.05, 4.69) is 24.0 Å². The van der Waals surface area contributed by atoms with E-state index in [1.54, 1.807) is 9.80 Å². The van der Waals surface area contributed by atoms with Crippen molar-refractivity contribution in [2.45, 2.75) is 20.3 Å². The van der Waals surface area contributed by atoms with Crippen molar-refractivity contribution in [3.05, 3.63) is 67.5 Å². The van der Waals surface area contributed by atoms with E-state index in [1.807, 2.05) is 19.1 Å². The van der Waals surface area contributed by atoms with Gasteiger partial charge in [-0.1, -0.05) is 42.5 Å². The van der Waals surface area contributed by atoms with Crippen molar-refractivity contribution >= 4 is 39.5 Å². The first-order chi connectivity index (χ1) is 15.4. The summed E-state index contributed by atoms with van der Waals surface area (Å²) in [6.45, 7) is 5.55. The van der Waals surface area contributed by atoms with Gasteiger partial charge < -0.3 is 9.80 Å². The van der Waals surface area contributed by atoms with Crippen molar-refractivity contribution in [2.24, 2.45) is 0 Å². The standard InChI is InChI=1S/C22H22N4O4S2/c1-3-15-4-6-16(7-5-15)20-23-14(2)19(32-20)22(28)25-12-10-24(11-13-25)21(27)17-8-9-18(31-17)26(29)30/h4-9H,3,10-13H2,1-2H3. The van der Waals surface area contributed by atoms with Gasteiger partial charge in [-0.05, 0) is 25.0 Å². The van der Waals surface area contributed by atoms with Crippen LogP contribution in [0.4, 0.5) is 5.00 Å². The maximum atomic E-state index is 13.1. The number of thiazole rings is 1. The summed E-state index contributed by atoms with van der Waals surface area (Å²) in [6.07, 6.45) is 0.971. The number of thiophene rings is 1. The van der Waals surface area contributed by atoms with Gasteiger partial charge in [-0.25, -0.2) is 4.98 Å². The summed E-state index contributed by atoms with van der Waals surface area (Å²) in [5, 5.41) is 11.6. The monoisotopic (exact) mass is 470 g/mol. The maximum Gasteiger partial charge on any atom is 0.324 e. The van der Waals surface area contributed by atoms with E-state index in [9.17, 15) is 19.7 Å². The van der Waals surface area contributed by atoms with Gasteiger partial charge in [0.05, 0.1) is 15.5 Å². The average molecular weight is 471 g/mol. The molecule has 0 unspecified atom stereocenters. The highest BCUT2D eigenvalue weighted by Gasteiger charge is 2.29. The van der Waals surface area contributed by atoms with Crippen LogP contribution in [0.1, 0.15) is 37.5 Å². The molecule has 1 aromatic carbocycles. The van der Waals surface area contributed by atoms with Crippen LogP contribution in [0.2, 0.25) is 0 Å². The number of amides is 2. The molecular weight excluding hydrogens is 448 g/mol. The lowest BCUT2D eigenvalue weighted by molar-refractivity contribution is -0.380. The highest BCUT2D eigenvalue weighted by Crippen LogP contribution is 2.30. The van der Waals surface area contributed by atoms with E-state index in [-0.39, 0.29) is 16.8 Å². The van der Waals surface area contributed by atoms with E-state index in [0.29, 0.717) is 41.6 Å². The maximum absolute atomic E-state index is 13.1. The lowest BCUT2D eigenvalue weighted by Crippen LogP contribution is -2.50. The summed E-state index contributed by atoms with van der Waals surface area (Å²) in [4.78, 5) is 45.1. The molecule has 0 bridgehead atoms. The first-order valence-electron chi connectivity index (χ1n) is 10.3. The van der Waals surface area contributed by atoms with E-state index in [0.717, 1.165) is 28.3 Å². The summed E-state index contributed by atoms with van der Waals surface area (Å²) in [5.74, 6) is -0.308. The number of nitrogens with zero attached hydrogens (tertiary/aromatic N) is 4. The van der Waals surface area contributed by atoms with E-state index in [1.165, 1.54) is 29.0 Å². The summed E-state index contributed by atoms with van der Waals surface area (Å²) >= 11 is 2.27. The molecule has 2 aromatic heterocycles. The topological polar surface area (TPSA) is 96.7 Å². The summed E-state index contributed by atoms with van der Waals surface area (Å²) in [7, 11) is 0. The molecule has 1 aliphatic heterocycles. The van der Waals surface area contributed by atoms with Crippen molar-refractivity contribution < 1.29 is 14.5 Å². The second kappa shape index (κ2) is 9.17. The molecule has 0 N–H and O–H groups in total. The van der Waals surface area contributed by atoms with Crippen LogP contribution in [-0.4, -0.2) is 57.7 Å². The molecule has 0 saturated carbocycles. The molecule has 32 heavy (non-hydrogen) atoms. The van der Waals surface area contributed by atoms with Crippen LogP contribution in [0.5, 0.6) is 0 Å².